The van der Waals surface area contributed by atoms with Gasteiger partial charge in [0.25, 0.3) is 0 Å². The molecule has 1 aliphatic rings. The number of hydrogen-bond acceptors (Lipinski definition) is 3. The lowest BCUT2D eigenvalue weighted by atomic mass is 9.99. The van der Waals surface area contributed by atoms with E-state index in [2.05, 4.69) is 10.2 Å². The Balaban J connectivity index is 1.96. The molecule has 24 heavy (non-hydrogen) atoms. The lowest BCUT2D eigenvalue weighted by molar-refractivity contribution is 0.0632. The third kappa shape index (κ3) is 2.41. The van der Waals surface area contributed by atoms with Gasteiger partial charge < -0.3 is 4.74 Å². The van der Waals surface area contributed by atoms with Crippen LogP contribution in [0.25, 0.3) is 5.69 Å². The van der Waals surface area contributed by atoms with Crippen LogP contribution in [0.5, 0.6) is 0 Å². The number of nitrogens with zero attached hydrogens (tertiary/aromatic N) is 3. The highest BCUT2D eigenvalue weighted by molar-refractivity contribution is 6.30. The van der Waals surface area contributed by atoms with Crippen molar-refractivity contribution in [2.24, 2.45) is 0 Å². The van der Waals surface area contributed by atoms with E-state index in [-0.39, 0.29) is 12.4 Å². The number of ether oxygens (including phenoxy) is 1. The number of aryl methyl sites for hydroxylation is 1. The summed E-state index contributed by atoms with van der Waals surface area (Å²) in [6.45, 7) is 2.27. The Bertz CT molecular complexity index is 909. The maximum atomic E-state index is 14.4. The molecule has 1 aliphatic heterocycles. The number of hydrogen-bond donors (Lipinski definition) is 0. The van der Waals surface area contributed by atoms with Gasteiger partial charge in [-0.2, -0.15) is 0 Å². The molecular formula is C18H15ClFN3O. The summed E-state index contributed by atoms with van der Waals surface area (Å²) >= 11 is 6.21. The fraction of sp³-hybridized carbons (Fsp3) is 0.222. The molecule has 0 N–H and O–H groups in total. The average Bonchev–Trinajstić information content (AvgIpc) is 2.93. The van der Waals surface area contributed by atoms with E-state index in [0.29, 0.717) is 16.4 Å². The Morgan fingerprint density at radius 2 is 2.04 bits per heavy atom. The molecule has 122 valence electrons. The van der Waals surface area contributed by atoms with Gasteiger partial charge in [-0.1, -0.05) is 36.7 Å². The number of fused-ring (bicyclic) bond motifs is 3. The second-order valence-corrected chi connectivity index (χ2v) is 6.07. The number of halogens is 2. The smallest absolute Gasteiger partial charge is 0.163 e. The third-order valence-corrected chi connectivity index (χ3v) is 4.43. The quantitative estimate of drug-likeness (QED) is 0.698. The van der Waals surface area contributed by atoms with E-state index in [1.54, 1.807) is 18.2 Å². The summed E-state index contributed by atoms with van der Waals surface area (Å²) in [5.41, 5.74) is 2.17. The van der Waals surface area contributed by atoms with Crippen molar-refractivity contribution in [1.82, 2.24) is 14.8 Å². The first kappa shape index (κ1) is 15.3. The summed E-state index contributed by atoms with van der Waals surface area (Å²) in [6, 6.07) is 12.2. The number of benzene rings is 2. The summed E-state index contributed by atoms with van der Waals surface area (Å²) in [5, 5.41) is 9.02. The van der Waals surface area contributed by atoms with Crippen molar-refractivity contribution in [3.05, 3.63) is 76.1 Å². The van der Waals surface area contributed by atoms with Crippen LogP contribution in [-0.2, 0) is 17.8 Å². The molecule has 0 fully saturated rings. The topological polar surface area (TPSA) is 39.9 Å². The van der Waals surface area contributed by atoms with E-state index in [4.69, 9.17) is 16.3 Å². The van der Waals surface area contributed by atoms with Crippen molar-refractivity contribution in [2.75, 3.05) is 0 Å². The van der Waals surface area contributed by atoms with Crippen LogP contribution in [0.2, 0.25) is 5.02 Å². The Hall–Kier alpha value is -2.24. The maximum absolute atomic E-state index is 14.4. The zero-order valence-electron chi connectivity index (χ0n) is 13.0. The van der Waals surface area contributed by atoms with E-state index in [9.17, 15) is 4.39 Å². The number of aromatic nitrogens is 3. The predicted octanol–water partition coefficient (Wildman–Crippen LogP) is 4.24. The minimum absolute atomic E-state index is 0.248. The summed E-state index contributed by atoms with van der Waals surface area (Å²) < 4.78 is 22.3. The Morgan fingerprint density at radius 3 is 2.83 bits per heavy atom. The minimum Gasteiger partial charge on any atom is -0.361 e. The lowest BCUT2D eigenvalue weighted by Crippen LogP contribution is -2.09. The Morgan fingerprint density at radius 1 is 1.21 bits per heavy atom. The second-order valence-electron chi connectivity index (χ2n) is 5.64. The molecule has 0 saturated heterocycles. The monoisotopic (exact) mass is 343 g/mol. The number of rotatable bonds is 2. The van der Waals surface area contributed by atoms with Gasteiger partial charge in [-0.15, -0.1) is 10.2 Å². The van der Waals surface area contributed by atoms with Crippen LogP contribution in [0.1, 0.15) is 35.8 Å². The molecule has 0 saturated carbocycles. The molecule has 0 bridgehead atoms. The van der Waals surface area contributed by atoms with Gasteiger partial charge in [0, 0.05) is 22.6 Å². The molecule has 0 aliphatic carbocycles. The highest BCUT2D eigenvalue weighted by Gasteiger charge is 2.28. The average molecular weight is 344 g/mol. The Labute approximate surface area is 143 Å². The maximum Gasteiger partial charge on any atom is 0.163 e. The highest BCUT2D eigenvalue weighted by Crippen LogP contribution is 2.37. The molecule has 4 nitrogen and oxygen atoms in total. The minimum atomic E-state index is -0.550. The van der Waals surface area contributed by atoms with Crippen LogP contribution in [0, 0.1) is 5.82 Å². The molecular weight excluding hydrogens is 329 g/mol. The van der Waals surface area contributed by atoms with E-state index >= 15 is 0 Å². The van der Waals surface area contributed by atoms with Gasteiger partial charge in [-0.25, -0.2) is 4.39 Å². The molecule has 2 heterocycles. The van der Waals surface area contributed by atoms with Gasteiger partial charge in [0.05, 0.1) is 5.69 Å². The second kappa shape index (κ2) is 6.00. The van der Waals surface area contributed by atoms with Crippen LogP contribution in [-0.4, -0.2) is 14.8 Å². The van der Waals surface area contributed by atoms with Gasteiger partial charge in [0.2, 0.25) is 0 Å². The van der Waals surface area contributed by atoms with Crippen molar-refractivity contribution >= 4 is 11.6 Å². The molecule has 1 aromatic heterocycles. The van der Waals surface area contributed by atoms with Crippen molar-refractivity contribution in [2.45, 2.75) is 26.1 Å². The molecule has 0 spiro atoms. The largest absolute Gasteiger partial charge is 0.361 e. The fourth-order valence-electron chi connectivity index (χ4n) is 3.09. The molecule has 4 rings (SSSR count). The molecule has 3 aromatic rings. The summed E-state index contributed by atoms with van der Waals surface area (Å²) in [6.07, 6.45) is 0.186. The standard InChI is InChI=1S/C18H15ClFN3O/c1-2-16-21-22-17-10-24-18(12-5-3-4-6-14(12)20)13-9-11(19)7-8-15(13)23(16)17/h3-9,18H,2,10H2,1H3. The zero-order chi connectivity index (χ0) is 16.7. The fourth-order valence-corrected chi connectivity index (χ4v) is 3.27. The first-order chi connectivity index (χ1) is 11.7. The summed E-state index contributed by atoms with van der Waals surface area (Å²) in [5.74, 6) is 1.24. The SMILES string of the molecule is CCc1nnc2n1-c1ccc(Cl)cc1C(c1ccccc1F)OC2. The predicted molar refractivity (Wildman–Crippen MR) is 88.8 cm³/mol. The molecule has 1 unspecified atom stereocenters. The zero-order valence-corrected chi connectivity index (χ0v) is 13.8. The van der Waals surface area contributed by atoms with Crippen LogP contribution in [0.3, 0.4) is 0 Å². The summed E-state index contributed by atoms with van der Waals surface area (Å²) in [7, 11) is 0. The molecule has 0 radical (unpaired) electrons. The summed E-state index contributed by atoms with van der Waals surface area (Å²) in [4.78, 5) is 0. The Kier molecular flexibility index (Phi) is 3.82. The van der Waals surface area contributed by atoms with Gasteiger partial charge in [0.15, 0.2) is 5.82 Å². The van der Waals surface area contributed by atoms with E-state index in [1.807, 2.05) is 29.7 Å². The normalized spacial score (nSPS) is 16.4. The van der Waals surface area contributed by atoms with Crippen LogP contribution in [0.4, 0.5) is 4.39 Å². The van der Waals surface area contributed by atoms with Gasteiger partial charge >= 0.3 is 0 Å². The lowest BCUT2D eigenvalue weighted by Gasteiger charge is -2.19. The van der Waals surface area contributed by atoms with Crippen molar-refractivity contribution in [3.63, 3.8) is 0 Å². The van der Waals surface area contributed by atoms with E-state index < -0.39 is 6.10 Å². The molecule has 0 amide bonds. The van der Waals surface area contributed by atoms with Gasteiger partial charge in [-0.3, -0.25) is 4.57 Å². The highest BCUT2D eigenvalue weighted by atomic mass is 35.5. The van der Waals surface area contributed by atoms with E-state index in [0.717, 1.165) is 23.5 Å². The third-order valence-electron chi connectivity index (χ3n) is 4.19. The van der Waals surface area contributed by atoms with E-state index in [1.165, 1.54) is 6.07 Å². The molecule has 2 aromatic carbocycles. The van der Waals surface area contributed by atoms with Crippen LogP contribution in [0.15, 0.2) is 42.5 Å². The van der Waals surface area contributed by atoms with Crippen molar-refractivity contribution in [3.8, 4) is 5.69 Å². The van der Waals surface area contributed by atoms with Crippen molar-refractivity contribution in [1.29, 1.82) is 0 Å². The van der Waals surface area contributed by atoms with Crippen molar-refractivity contribution < 1.29 is 9.13 Å². The van der Waals surface area contributed by atoms with Gasteiger partial charge in [-0.05, 0) is 24.3 Å². The molecule has 1 atom stereocenters. The van der Waals surface area contributed by atoms with Crippen LogP contribution >= 0.6 is 11.6 Å². The first-order valence-corrected chi connectivity index (χ1v) is 8.16. The van der Waals surface area contributed by atoms with Crippen LogP contribution < -0.4 is 0 Å². The molecule has 6 heteroatoms. The first-order valence-electron chi connectivity index (χ1n) is 7.78. The van der Waals surface area contributed by atoms with Gasteiger partial charge in [0.1, 0.15) is 24.4 Å².